The highest BCUT2D eigenvalue weighted by atomic mass is 35.5. The Morgan fingerprint density at radius 3 is 2.90 bits per heavy atom. The summed E-state index contributed by atoms with van der Waals surface area (Å²) in [6.07, 6.45) is 3.71. The van der Waals surface area contributed by atoms with E-state index in [2.05, 4.69) is 28.7 Å². The van der Waals surface area contributed by atoms with Crippen LogP contribution >= 0.6 is 11.6 Å². The van der Waals surface area contributed by atoms with Crippen molar-refractivity contribution in [1.82, 2.24) is 14.9 Å². The molecule has 114 valence electrons. The smallest absolute Gasteiger partial charge is 0.125 e. The summed E-state index contributed by atoms with van der Waals surface area (Å²) in [5.41, 5.74) is 2.11. The van der Waals surface area contributed by atoms with Crippen LogP contribution in [0.25, 0.3) is 0 Å². The number of hydrogen-bond donors (Lipinski definition) is 1. The first-order valence-electron chi connectivity index (χ1n) is 7.13. The minimum Gasteiger partial charge on any atom is -0.496 e. The van der Waals surface area contributed by atoms with E-state index in [1.54, 1.807) is 7.11 Å². The monoisotopic (exact) mass is 307 g/mol. The van der Waals surface area contributed by atoms with E-state index in [1.807, 2.05) is 30.7 Å². The highest BCUT2D eigenvalue weighted by molar-refractivity contribution is 6.31. The molecule has 0 aliphatic heterocycles. The maximum atomic E-state index is 6.29. The van der Waals surface area contributed by atoms with Gasteiger partial charge in [0.25, 0.3) is 0 Å². The molecule has 5 heteroatoms. The first-order valence-corrected chi connectivity index (χ1v) is 7.50. The average Bonchev–Trinajstić information content (AvgIpc) is 2.88. The molecule has 1 N–H and O–H groups in total. The summed E-state index contributed by atoms with van der Waals surface area (Å²) in [4.78, 5) is 4.24. The SMILES string of the molecule is COc1cccc(Cl)c1Cn1cncc1CNCC(C)C. The third kappa shape index (κ3) is 4.22. The zero-order chi connectivity index (χ0) is 15.2. The molecule has 0 fully saturated rings. The molecule has 0 aliphatic carbocycles. The molecule has 0 saturated heterocycles. The van der Waals surface area contributed by atoms with Crippen LogP contribution < -0.4 is 10.1 Å². The first kappa shape index (κ1) is 15.9. The Morgan fingerprint density at radius 1 is 1.38 bits per heavy atom. The van der Waals surface area contributed by atoms with E-state index in [0.717, 1.165) is 30.1 Å². The highest BCUT2D eigenvalue weighted by Gasteiger charge is 2.10. The van der Waals surface area contributed by atoms with Crippen molar-refractivity contribution in [3.8, 4) is 5.75 Å². The number of imidazole rings is 1. The van der Waals surface area contributed by atoms with Crippen LogP contribution in [0.1, 0.15) is 25.1 Å². The minimum atomic E-state index is 0.630. The zero-order valence-corrected chi connectivity index (χ0v) is 13.5. The molecule has 2 rings (SSSR count). The fraction of sp³-hybridized carbons (Fsp3) is 0.438. The molecule has 0 bridgehead atoms. The van der Waals surface area contributed by atoms with Crippen LogP contribution in [0.15, 0.2) is 30.7 Å². The molecule has 0 spiro atoms. The predicted octanol–water partition coefficient (Wildman–Crippen LogP) is 3.34. The lowest BCUT2D eigenvalue weighted by atomic mass is 10.2. The van der Waals surface area contributed by atoms with E-state index in [0.29, 0.717) is 17.5 Å². The largest absolute Gasteiger partial charge is 0.496 e. The van der Waals surface area contributed by atoms with E-state index >= 15 is 0 Å². The Kier molecular flexibility index (Phi) is 5.65. The quantitative estimate of drug-likeness (QED) is 0.852. The molecule has 1 aromatic heterocycles. The van der Waals surface area contributed by atoms with Gasteiger partial charge in [0.15, 0.2) is 0 Å². The maximum Gasteiger partial charge on any atom is 0.125 e. The lowest BCUT2D eigenvalue weighted by Crippen LogP contribution is -2.21. The normalized spacial score (nSPS) is 11.1. The number of aromatic nitrogens is 2. The first-order chi connectivity index (χ1) is 10.1. The molecule has 2 aromatic rings. The maximum absolute atomic E-state index is 6.29. The molecule has 0 aliphatic rings. The van der Waals surface area contributed by atoms with Crippen LogP contribution in [0, 0.1) is 5.92 Å². The van der Waals surface area contributed by atoms with E-state index in [-0.39, 0.29) is 0 Å². The van der Waals surface area contributed by atoms with Gasteiger partial charge in [-0.2, -0.15) is 0 Å². The molecule has 0 unspecified atom stereocenters. The van der Waals surface area contributed by atoms with Crippen LogP contribution in [0.4, 0.5) is 0 Å². The summed E-state index contributed by atoms with van der Waals surface area (Å²) in [6, 6.07) is 5.70. The topological polar surface area (TPSA) is 39.1 Å². The van der Waals surface area contributed by atoms with Crippen LogP contribution in [0.3, 0.4) is 0 Å². The number of benzene rings is 1. The fourth-order valence-corrected chi connectivity index (χ4v) is 2.41. The van der Waals surface area contributed by atoms with Gasteiger partial charge in [-0.3, -0.25) is 0 Å². The Morgan fingerprint density at radius 2 is 2.19 bits per heavy atom. The second-order valence-corrected chi connectivity index (χ2v) is 5.87. The summed E-state index contributed by atoms with van der Waals surface area (Å²) in [5.74, 6) is 1.43. The lowest BCUT2D eigenvalue weighted by Gasteiger charge is -2.14. The van der Waals surface area contributed by atoms with E-state index in [4.69, 9.17) is 16.3 Å². The van der Waals surface area contributed by atoms with Crippen molar-refractivity contribution in [2.75, 3.05) is 13.7 Å². The molecule has 0 atom stereocenters. The molecule has 21 heavy (non-hydrogen) atoms. The van der Waals surface area contributed by atoms with Crippen LogP contribution in [0.5, 0.6) is 5.75 Å². The van der Waals surface area contributed by atoms with Crippen molar-refractivity contribution in [3.05, 3.63) is 47.0 Å². The van der Waals surface area contributed by atoms with Gasteiger partial charge in [-0.05, 0) is 24.6 Å². The molecule has 1 heterocycles. The third-order valence-corrected chi connectivity index (χ3v) is 3.64. The standard InChI is InChI=1S/C16H22ClN3O/c1-12(2)7-18-8-13-9-19-11-20(13)10-14-15(17)5-4-6-16(14)21-3/h4-6,9,11-12,18H,7-8,10H2,1-3H3. The molecule has 0 radical (unpaired) electrons. The lowest BCUT2D eigenvalue weighted by molar-refractivity contribution is 0.408. The van der Waals surface area contributed by atoms with E-state index < -0.39 is 0 Å². The number of nitrogens with zero attached hydrogens (tertiary/aromatic N) is 2. The minimum absolute atomic E-state index is 0.630. The van der Waals surface area contributed by atoms with Crippen LogP contribution in [-0.4, -0.2) is 23.2 Å². The number of rotatable bonds is 7. The Hall–Kier alpha value is -1.52. The third-order valence-electron chi connectivity index (χ3n) is 3.28. The number of ether oxygens (including phenoxy) is 1. The van der Waals surface area contributed by atoms with E-state index in [9.17, 15) is 0 Å². The fourth-order valence-electron chi connectivity index (χ4n) is 2.18. The number of methoxy groups -OCH3 is 1. The summed E-state index contributed by atoms with van der Waals surface area (Å²) in [5, 5.41) is 4.14. The van der Waals surface area contributed by atoms with Crippen LogP contribution in [-0.2, 0) is 13.1 Å². The van der Waals surface area contributed by atoms with Gasteiger partial charge in [0, 0.05) is 23.3 Å². The highest BCUT2D eigenvalue weighted by Crippen LogP contribution is 2.27. The Labute approximate surface area is 131 Å². The number of hydrogen-bond acceptors (Lipinski definition) is 3. The number of halogens is 1. The van der Waals surface area contributed by atoms with Crippen LogP contribution in [0.2, 0.25) is 5.02 Å². The zero-order valence-electron chi connectivity index (χ0n) is 12.8. The summed E-state index contributed by atoms with van der Waals surface area (Å²) < 4.78 is 7.49. The van der Waals surface area contributed by atoms with Gasteiger partial charge in [-0.15, -0.1) is 0 Å². The molecule has 1 aromatic carbocycles. The summed E-state index contributed by atoms with van der Waals surface area (Å²) in [7, 11) is 1.66. The number of nitrogens with one attached hydrogen (secondary N) is 1. The van der Waals surface area contributed by atoms with Crippen molar-refractivity contribution in [1.29, 1.82) is 0 Å². The molecular formula is C16H22ClN3O. The van der Waals surface area contributed by atoms with Gasteiger partial charge in [0.05, 0.1) is 25.7 Å². The van der Waals surface area contributed by atoms with E-state index in [1.165, 1.54) is 0 Å². The molecule has 0 saturated carbocycles. The predicted molar refractivity (Wildman–Crippen MR) is 85.9 cm³/mol. The summed E-state index contributed by atoms with van der Waals surface area (Å²) in [6.45, 7) is 6.82. The van der Waals surface area contributed by atoms with Gasteiger partial charge >= 0.3 is 0 Å². The second-order valence-electron chi connectivity index (χ2n) is 5.46. The van der Waals surface area contributed by atoms with Gasteiger partial charge in [0.1, 0.15) is 5.75 Å². The van der Waals surface area contributed by atoms with Crippen molar-refractivity contribution >= 4 is 11.6 Å². The van der Waals surface area contributed by atoms with Crippen molar-refractivity contribution in [3.63, 3.8) is 0 Å². The van der Waals surface area contributed by atoms with Gasteiger partial charge in [-0.25, -0.2) is 4.98 Å². The average molecular weight is 308 g/mol. The Balaban J connectivity index is 2.12. The van der Waals surface area contributed by atoms with Crippen molar-refractivity contribution in [2.24, 2.45) is 5.92 Å². The summed E-state index contributed by atoms with van der Waals surface area (Å²) >= 11 is 6.29. The van der Waals surface area contributed by atoms with Gasteiger partial charge in [0.2, 0.25) is 0 Å². The van der Waals surface area contributed by atoms with Gasteiger partial charge < -0.3 is 14.6 Å². The second kappa shape index (κ2) is 7.48. The molecule has 0 amide bonds. The molecule has 4 nitrogen and oxygen atoms in total. The Bertz CT molecular complexity index is 581. The molecular weight excluding hydrogens is 286 g/mol. The van der Waals surface area contributed by atoms with Crippen molar-refractivity contribution in [2.45, 2.75) is 26.9 Å². The van der Waals surface area contributed by atoms with Crippen molar-refractivity contribution < 1.29 is 4.74 Å². The van der Waals surface area contributed by atoms with Gasteiger partial charge in [-0.1, -0.05) is 31.5 Å².